The van der Waals surface area contributed by atoms with Gasteiger partial charge in [-0.2, -0.15) is 13.9 Å². The molecule has 0 unspecified atom stereocenters. The lowest BCUT2D eigenvalue weighted by Gasteiger charge is -2.34. The number of rotatable bonds is 4. The molecule has 1 saturated heterocycles. The third-order valence-corrected chi connectivity index (χ3v) is 6.82. The van der Waals surface area contributed by atoms with Crippen LogP contribution in [-0.4, -0.2) is 55.5 Å². The minimum absolute atomic E-state index is 0.140. The summed E-state index contributed by atoms with van der Waals surface area (Å²) in [5.41, 5.74) is 3.67. The van der Waals surface area contributed by atoms with E-state index >= 15 is 0 Å². The zero-order valence-electron chi connectivity index (χ0n) is 17.6. The van der Waals surface area contributed by atoms with Crippen LogP contribution >= 0.6 is 11.3 Å². The summed E-state index contributed by atoms with van der Waals surface area (Å²) >= 11 is 1.51. The summed E-state index contributed by atoms with van der Waals surface area (Å²) in [4.78, 5) is 19.6. The Labute approximate surface area is 190 Å². The van der Waals surface area contributed by atoms with E-state index in [2.05, 4.69) is 26.9 Å². The highest BCUT2D eigenvalue weighted by atomic mass is 32.1. The number of anilines is 1. The molecule has 0 saturated carbocycles. The zero-order chi connectivity index (χ0) is 22.5. The smallest absolute Gasteiger partial charge is 0.333 e. The number of H-pyrrole nitrogens is 1. The van der Waals surface area contributed by atoms with Gasteiger partial charge in [-0.3, -0.25) is 0 Å². The van der Waals surface area contributed by atoms with Gasteiger partial charge in [-0.25, -0.2) is 19.6 Å². The van der Waals surface area contributed by atoms with Crippen molar-refractivity contribution < 1.29 is 13.5 Å². The van der Waals surface area contributed by atoms with E-state index in [0.29, 0.717) is 41.3 Å². The molecule has 5 aromatic heterocycles. The molecule has 0 bridgehead atoms. The molecule has 5 aromatic rings. The lowest BCUT2D eigenvalue weighted by atomic mass is 10.1. The highest BCUT2D eigenvalue weighted by Crippen LogP contribution is 2.40. The van der Waals surface area contributed by atoms with Crippen molar-refractivity contribution in [1.82, 2.24) is 29.7 Å². The fourth-order valence-corrected chi connectivity index (χ4v) is 5.22. The molecule has 0 aliphatic carbocycles. The molecular weight excluding hydrogens is 448 g/mol. The summed E-state index contributed by atoms with van der Waals surface area (Å²) in [6, 6.07) is 3.98. The van der Waals surface area contributed by atoms with Crippen molar-refractivity contribution in [1.29, 1.82) is 0 Å². The van der Waals surface area contributed by atoms with Crippen molar-refractivity contribution in [3.05, 3.63) is 42.3 Å². The zero-order valence-corrected chi connectivity index (χ0v) is 18.4. The van der Waals surface area contributed by atoms with Crippen molar-refractivity contribution in [3.8, 4) is 22.5 Å². The molecule has 1 atom stereocenters. The number of fused-ring (bicyclic) bond motifs is 2. The first kappa shape index (κ1) is 20.2. The van der Waals surface area contributed by atoms with Gasteiger partial charge in [0.25, 0.3) is 0 Å². The number of halogens is 2. The van der Waals surface area contributed by atoms with Gasteiger partial charge in [0.2, 0.25) is 0 Å². The second-order valence-electron chi connectivity index (χ2n) is 7.90. The normalized spacial score (nSPS) is 17.0. The monoisotopic (exact) mass is 467 g/mol. The standard InChI is InChI=1S/C22H19F2N7OS/c1-12-10-32-7-6-30(12)21-18-17(16(11-33-18)13-8-27-31(9-13)22(23)24)28-20(29-21)15-3-5-26-19-14(15)2-4-25-19/h2-5,8-9,11-12,22H,6-7,10H2,1H3,(H,25,26)/t12-/m1/s1. The van der Waals surface area contributed by atoms with Gasteiger partial charge in [0.15, 0.2) is 11.6 Å². The molecule has 0 spiro atoms. The minimum Gasteiger partial charge on any atom is -0.377 e. The molecule has 1 aliphatic heterocycles. The van der Waals surface area contributed by atoms with Crippen LogP contribution < -0.4 is 4.90 Å². The first-order valence-corrected chi connectivity index (χ1v) is 11.4. The van der Waals surface area contributed by atoms with Crippen LogP contribution in [-0.2, 0) is 4.74 Å². The van der Waals surface area contributed by atoms with Gasteiger partial charge in [0.1, 0.15) is 5.65 Å². The lowest BCUT2D eigenvalue weighted by molar-refractivity contribution is 0.0566. The van der Waals surface area contributed by atoms with E-state index in [0.717, 1.165) is 32.7 Å². The number of morpholine rings is 1. The number of thiophene rings is 1. The number of aromatic nitrogens is 6. The van der Waals surface area contributed by atoms with Gasteiger partial charge in [-0.15, -0.1) is 11.3 Å². The SMILES string of the molecule is C[C@@H]1COCCN1c1nc(-c2ccnc3[nH]ccc23)nc2c(-c3cnn(C(F)F)c3)csc12. The highest BCUT2D eigenvalue weighted by molar-refractivity contribution is 7.18. The molecule has 168 valence electrons. The number of hydrogen-bond donors (Lipinski definition) is 1. The Bertz CT molecular complexity index is 1460. The Kier molecular flexibility index (Phi) is 4.80. The summed E-state index contributed by atoms with van der Waals surface area (Å²) in [7, 11) is 0. The Morgan fingerprint density at radius 3 is 2.97 bits per heavy atom. The molecule has 0 aromatic carbocycles. The third-order valence-electron chi connectivity index (χ3n) is 5.85. The van der Waals surface area contributed by atoms with Gasteiger partial charge in [-0.05, 0) is 19.1 Å². The predicted octanol–water partition coefficient (Wildman–Crippen LogP) is 4.72. The van der Waals surface area contributed by atoms with Crippen molar-refractivity contribution in [2.24, 2.45) is 0 Å². The molecule has 6 rings (SSSR count). The molecular formula is C22H19F2N7OS. The van der Waals surface area contributed by atoms with E-state index in [1.54, 1.807) is 6.20 Å². The molecule has 11 heteroatoms. The maximum Gasteiger partial charge on any atom is 0.333 e. The largest absolute Gasteiger partial charge is 0.377 e. The fraction of sp³-hybridized carbons (Fsp3) is 0.273. The van der Waals surface area contributed by atoms with E-state index in [1.807, 2.05) is 23.7 Å². The number of pyridine rings is 1. The Hall–Kier alpha value is -3.44. The van der Waals surface area contributed by atoms with Gasteiger partial charge in [0.05, 0.1) is 35.7 Å². The van der Waals surface area contributed by atoms with E-state index in [9.17, 15) is 8.78 Å². The van der Waals surface area contributed by atoms with Crippen LogP contribution in [0.1, 0.15) is 13.5 Å². The summed E-state index contributed by atoms with van der Waals surface area (Å²) in [5.74, 6) is 1.38. The van der Waals surface area contributed by atoms with Crippen LogP contribution in [0.5, 0.6) is 0 Å². The number of hydrogen-bond acceptors (Lipinski definition) is 7. The Balaban J connectivity index is 1.60. The van der Waals surface area contributed by atoms with Gasteiger partial charge in [-0.1, -0.05) is 0 Å². The maximum atomic E-state index is 13.1. The average Bonchev–Trinajstić information content (AvgIpc) is 3.57. The molecule has 33 heavy (non-hydrogen) atoms. The fourth-order valence-electron chi connectivity index (χ4n) is 4.20. The first-order valence-electron chi connectivity index (χ1n) is 10.5. The second kappa shape index (κ2) is 7.85. The lowest BCUT2D eigenvalue weighted by Crippen LogP contribution is -2.44. The van der Waals surface area contributed by atoms with Gasteiger partial charge < -0.3 is 14.6 Å². The van der Waals surface area contributed by atoms with E-state index < -0.39 is 6.55 Å². The van der Waals surface area contributed by atoms with E-state index in [-0.39, 0.29) is 6.04 Å². The third kappa shape index (κ3) is 3.35. The molecule has 0 radical (unpaired) electrons. The minimum atomic E-state index is -2.70. The average molecular weight is 468 g/mol. The molecule has 1 aliphatic rings. The Morgan fingerprint density at radius 1 is 1.24 bits per heavy atom. The van der Waals surface area contributed by atoms with E-state index in [4.69, 9.17) is 14.7 Å². The van der Waals surface area contributed by atoms with Crippen LogP contribution in [0.15, 0.2) is 42.3 Å². The number of alkyl halides is 2. The number of nitrogens with one attached hydrogen (secondary N) is 1. The maximum absolute atomic E-state index is 13.1. The van der Waals surface area contributed by atoms with Crippen LogP contribution in [0, 0.1) is 0 Å². The second-order valence-corrected chi connectivity index (χ2v) is 8.78. The van der Waals surface area contributed by atoms with Crippen LogP contribution in [0.4, 0.5) is 14.6 Å². The number of ether oxygens (including phenoxy) is 1. The van der Waals surface area contributed by atoms with E-state index in [1.165, 1.54) is 23.7 Å². The first-order chi connectivity index (χ1) is 16.1. The quantitative estimate of drug-likeness (QED) is 0.412. The van der Waals surface area contributed by atoms with Crippen LogP contribution in [0.25, 0.3) is 43.8 Å². The summed E-state index contributed by atoms with van der Waals surface area (Å²) in [6.07, 6.45) is 6.35. The van der Waals surface area contributed by atoms with Crippen LogP contribution in [0.3, 0.4) is 0 Å². The highest BCUT2D eigenvalue weighted by Gasteiger charge is 2.26. The molecule has 1 N–H and O–H groups in total. The molecule has 8 nitrogen and oxygen atoms in total. The van der Waals surface area contributed by atoms with Crippen LogP contribution in [0.2, 0.25) is 0 Å². The number of aromatic amines is 1. The van der Waals surface area contributed by atoms with Crippen molar-refractivity contribution >= 4 is 38.4 Å². The Morgan fingerprint density at radius 2 is 2.15 bits per heavy atom. The summed E-state index contributed by atoms with van der Waals surface area (Å²) in [6.45, 7) is 1.33. The summed E-state index contributed by atoms with van der Waals surface area (Å²) in [5, 5.41) is 6.66. The molecule has 6 heterocycles. The predicted molar refractivity (Wildman–Crippen MR) is 123 cm³/mol. The summed E-state index contributed by atoms with van der Waals surface area (Å²) < 4.78 is 33.5. The topological polar surface area (TPSA) is 84.8 Å². The number of nitrogens with zero attached hydrogens (tertiary/aromatic N) is 6. The van der Waals surface area contributed by atoms with Crippen molar-refractivity contribution in [2.75, 3.05) is 24.7 Å². The molecule has 1 fully saturated rings. The van der Waals surface area contributed by atoms with Crippen molar-refractivity contribution in [3.63, 3.8) is 0 Å². The van der Waals surface area contributed by atoms with Crippen molar-refractivity contribution in [2.45, 2.75) is 19.5 Å². The molecule has 0 amide bonds. The van der Waals surface area contributed by atoms with Gasteiger partial charge >= 0.3 is 6.55 Å². The van der Waals surface area contributed by atoms with Gasteiger partial charge in [0, 0.05) is 52.6 Å².